The van der Waals surface area contributed by atoms with Gasteiger partial charge in [0.05, 0.1) is 5.92 Å². The lowest BCUT2D eigenvalue weighted by Gasteiger charge is -2.09. The van der Waals surface area contributed by atoms with Gasteiger partial charge in [0, 0.05) is 11.3 Å². The van der Waals surface area contributed by atoms with E-state index in [4.69, 9.17) is 10.8 Å². The van der Waals surface area contributed by atoms with Gasteiger partial charge in [0.15, 0.2) is 0 Å². The monoisotopic (exact) mass is 259 g/mol. The maximum atomic E-state index is 14.0. The van der Waals surface area contributed by atoms with Gasteiger partial charge in [0.2, 0.25) is 0 Å². The maximum Gasteiger partial charge on any atom is 0.310 e. The fourth-order valence-corrected chi connectivity index (χ4v) is 1.84. The van der Waals surface area contributed by atoms with Gasteiger partial charge in [-0.15, -0.1) is 0 Å². The summed E-state index contributed by atoms with van der Waals surface area (Å²) in [7, 11) is 0. The first-order chi connectivity index (χ1) is 8.99. The zero-order chi connectivity index (χ0) is 14.0. The number of nitrogens with two attached hydrogens (primary N) is 1. The van der Waals surface area contributed by atoms with E-state index in [2.05, 4.69) is 0 Å². The van der Waals surface area contributed by atoms with Crippen molar-refractivity contribution in [3.8, 4) is 11.1 Å². The van der Waals surface area contributed by atoms with Gasteiger partial charge in [-0.25, -0.2) is 4.39 Å². The second-order valence-electron chi connectivity index (χ2n) is 4.42. The highest BCUT2D eigenvalue weighted by atomic mass is 19.1. The Kier molecular flexibility index (Phi) is 3.51. The Hall–Kier alpha value is -2.36. The molecule has 2 rings (SSSR count). The number of carboxylic acid groups (broad SMARTS) is 1. The zero-order valence-corrected chi connectivity index (χ0v) is 10.4. The molecule has 0 aromatic heterocycles. The van der Waals surface area contributed by atoms with E-state index in [0.717, 1.165) is 0 Å². The highest BCUT2D eigenvalue weighted by Crippen LogP contribution is 2.27. The van der Waals surface area contributed by atoms with Gasteiger partial charge in [-0.3, -0.25) is 4.79 Å². The van der Waals surface area contributed by atoms with Crippen LogP contribution in [0.5, 0.6) is 0 Å². The van der Waals surface area contributed by atoms with E-state index in [1.54, 1.807) is 36.4 Å². The van der Waals surface area contributed by atoms with E-state index in [0.29, 0.717) is 22.4 Å². The number of aliphatic carboxylic acids is 1. The van der Waals surface area contributed by atoms with Gasteiger partial charge >= 0.3 is 5.97 Å². The van der Waals surface area contributed by atoms with Crippen LogP contribution in [0, 0.1) is 5.82 Å². The lowest BCUT2D eigenvalue weighted by atomic mass is 9.97. The highest BCUT2D eigenvalue weighted by Gasteiger charge is 2.15. The van der Waals surface area contributed by atoms with E-state index < -0.39 is 17.7 Å². The van der Waals surface area contributed by atoms with E-state index in [1.807, 2.05) is 0 Å². The van der Waals surface area contributed by atoms with Gasteiger partial charge in [0.25, 0.3) is 0 Å². The van der Waals surface area contributed by atoms with E-state index >= 15 is 0 Å². The smallest absolute Gasteiger partial charge is 0.310 e. The fourth-order valence-electron chi connectivity index (χ4n) is 1.84. The molecular weight excluding hydrogens is 245 g/mol. The topological polar surface area (TPSA) is 63.3 Å². The standard InChI is InChI=1S/C15H14FNO2/c1-9(15(18)19)11-4-7-13(14(16)8-11)10-2-5-12(17)6-3-10/h2-9H,17H2,1H3,(H,18,19). The molecule has 98 valence electrons. The molecule has 0 aliphatic rings. The molecule has 0 saturated heterocycles. The third-order valence-electron chi connectivity index (χ3n) is 3.09. The van der Waals surface area contributed by atoms with Crippen molar-refractivity contribution in [2.24, 2.45) is 0 Å². The van der Waals surface area contributed by atoms with E-state index in [-0.39, 0.29) is 0 Å². The maximum absolute atomic E-state index is 14.0. The lowest BCUT2D eigenvalue weighted by Crippen LogP contribution is -2.07. The minimum absolute atomic E-state index is 0.432. The van der Waals surface area contributed by atoms with E-state index in [9.17, 15) is 9.18 Å². The Labute approximate surface area is 110 Å². The molecule has 1 atom stereocenters. The average Bonchev–Trinajstić information content (AvgIpc) is 2.39. The number of hydrogen-bond donors (Lipinski definition) is 2. The molecule has 19 heavy (non-hydrogen) atoms. The van der Waals surface area contributed by atoms with Gasteiger partial charge in [-0.1, -0.05) is 24.3 Å². The summed E-state index contributed by atoms with van der Waals surface area (Å²) < 4.78 is 14.0. The number of rotatable bonds is 3. The summed E-state index contributed by atoms with van der Waals surface area (Å²) in [5.74, 6) is -2.13. The second kappa shape index (κ2) is 5.10. The van der Waals surface area contributed by atoms with Crippen LogP contribution in [-0.2, 0) is 4.79 Å². The molecule has 2 aromatic carbocycles. The second-order valence-corrected chi connectivity index (χ2v) is 4.42. The molecule has 0 amide bonds. The van der Waals surface area contributed by atoms with Crippen molar-refractivity contribution in [3.05, 3.63) is 53.8 Å². The minimum atomic E-state index is -0.973. The Morgan fingerprint density at radius 1 is 1.21 bits per heavy atom. The predicted octanol–water partition coefficient (Wildman–Crippen LogP) is 3.26. The van der Waals surface area contributed by atoms with Gasteiger partial charge in [-0.05, 0) is 36.2 Å². The summed E-state index contributed by atoms with van der Waals surface area (Å²) in [4.78, 5) is 10.9. The number of benzene rings is 2. The number of carbonyl (C=O) groups is 1. The number of hydrogen-bond acceptors (Lipinski definition) is 2. The van der Waals surface area contributed by atoms with Crippen molar-refractivity contribution in [3.63, 3.8) is 0 Å². The summed E-state index contributed by atoms with van der Waals surface area (Å²) in [6.07, 6.45) is 0. The largest absolute Gasteiger partial charge is 0.481 e. The van der Waals surface area contributed by atoms with Crippen LogP contribution in [0.2, 0.25) is 0 Å². The molecule has 2 aromatic rings. The van der Waals surface area contributed by atoms with Crippen LogP contribution in [0.4, 0.5) is 10.1 Å². The number of nitrogen functional groups attached to an aromatic ring is 1. The lowest BCUT2D eigenvalue weighted by molar-refractivity contribution is -0.138. The van der Waals surface area contributed by atoms with E-state index in [1.165, 1.54) is 13.0 Å². The third kappa shape index (κ3) is 2.73. The Morgan fingerprint density at radius 2 is 1.84 bits per heavy atom. The first kappa shape index (κ1) is 13.1. The van der Waals surface area contributed by atoms with Gasteiger partial charge in [-0.2, -0.15) is 0 Å². The van der Waals surface area contributed by atoms with Crippen LogP contribution >= 0.6 is 0 Å². The number of anilines is 1. The van der Waals surface area contributed by atoms with Crippen molar-refractivity contribution in [1.82, 2.24) is 0 Å². The van der Waals surface area contributed by atoms with Crippen molar-refractivity contribution < 1.29 is 14.3 Å². The molecule has 0 spiro atoms. The summed E-state index contributed by atoms with van der Waals surface area (Å²) in [6.45, 7) is 1.53. The summed E-state index contributed by atoms with van der Waals surface area (Å²) >= 11 is 0. The Morgan fingerprint density at radius 3 is 2.37 bits per heavy atom. The van der Waals surface area contributed by atoms with Crippen LogP contribution in [-0.4, -0.2) is 11.1 Å². The normalized spacial score (nSPS) is 12.1. The number of carboxylic acids is 1. The first-order valence-electron chi connectivity index (χ1n) is 5.87. The van der Waals surface area contributed by atoms with Crippen LogP contribution < -0.4 is 5.73 Å². The molecule has 0 heterocycles. The molecule has 0 bridgehead atoms. The molecule has 0 radical (unpaired) electrons. The zero-order valence-electron chi connectivity index (χ0n) is 10.4. The molecule has 0 fully saturated rings. The SMILES string of the molecule is CC(C(=O)O)c1ccc(-c2ccc(N)cc2)c(F)c1. The summed E-state index contributed by atoms with van der Waals surface area (Å²) in [6, 6.07) is 11.3. The molecular formula is C15H14FNO2. The van der Waals surface area contributed by atoms with Crippen LogP contribution in [0.25, 0.3) is 11.1 Å². The van der Waals surface area contributed by atoms with Crippen LogP contribution in [0.3, 0.4) is 0 Å². The van der Waals surface area contributed by atoms with Crippen molar-refractivity contribution in [2.45, 2.75) is 12.8 Å². The summed E-state index contributed by atoms with van der Waals surface area (Å²) in [5, 5.41) is 8.91. The number of halogens is 1. The molecule has 4 heteroatoms. The Bertz CT molecular complexity index is 608. The predicted molar refractivity (Wildman–Crippen MR) is 72.3 cm³/mol. The van der Waals surface area contributed by atoms with Crippen molar-refractivity contribution >= 4 is 11.7 Å². The molecule has 0 aliphatic carbocycles. The van der Waals surface area contributed by atoms with Crippen LogP contribution in [0.1, 0.15) is 18.4 Å². The fraction of sp³-hybridized carbons (Fsp3) is 0.133. The molecule has 1 unspecified atom stereocenters. The molecule has 3 nitrogen and oxygen atoms in total. The first-order valence-corrected chi connectivity index (χ1v) is 5.87. The van der Waals surface area contributed by atoms with Gasteiger partial charge in [0.1, 0.15) is 5.82 Å². The third-order valence-corrected chi connectivity index (χ3v) is 3.09. The van der Waals surface area contributed by atoms with Crippen LogP contribution in [0.15, 0.2) is 42.5 Å². The van der Waals surface area contributed by atoms with Crippen molar-refractivity contribution in [1.29, 1.82) is 0 Å². The quantitative estimate of drug-likeness (QED) is 0.831. The van der Waals surface area contributed by atoms with Crippen molar-refractivity contribution in [2.75, 3.05) is 5.73 Å². The minimum Gasteiger partial charge on any atom is -0.481 e. The molecule has 0 aliphatic heterocycles. The average molecular weight is 259 g/mol. The highest BCUT2D eigenvalue weighted by molar-refractivity contribution is 5.76. The molecule has 0 saturated carbocycles. The summed E-state index contributed by atoms with van der Waals surface area (Å²) in [5.41, 5.74) is 7.78. The molecule has 3 N–H and O–H groups in total. The Balaban J connectivity index is 2.39. The van der Waals surface area contributed by atoms with Gasteiger partial charge < -0.3 is 10.8 Å².